The maximum Gasteiger partial charge on any atom is 0.226 e. The second-order valence-electron chi connectivity index (χ2n) is 36.4. The second-order valence-corrected chi connectivity index (χ2v) is 36.4. The van der Waals surface area contributed by atoms with Crippen molar-refractivity contribution in [2.75, 3.05) is 78.5 Å². The summed E-state index contributed by atoms with van der Waals surface area (Å²) >= 11 is 0. The summed E-state index contributed by atoms with van der Waals surface area (Å²) in [5, 5.41) is 75.8. The van der Waals surface area contributed by atoms with Crippen molar-refractivity contribution in [3.8, 4) is 11.5 Å². The van der Waals surface area contributed by atoms with Crippen LogP contribution in [0.5, 0.6) is 11.5 Å². The van der Waals surface area contributed by atoms with Gasteiger partial charge in [-0.1, -0.05) is 102 Å². The molecular formula is C89H131N19O16. The van der Waals surface area contributed by atoms with Crippen molar-refractivity contribution in [2.24, 2.45) is 76.7 Å². The van der Waals surface area contributed by atoms with Gasteiger partial charge in [-0.15, -0.1) is 0 Å². The lowest BCUT2D eigenvalue weighted by Gasteiger charge is -2.28. The van der Waals surface area contributed by atoms with Crippen LogP contribution in [-0.2, 0) is 86.4 Å². The summed E-state index contributed by atoms with van der Waals surface area (Å²) in [5.74, 6) is -11.5. The molecule has 5 aliphatic heterocycles. The summed E-state index contributed by atoms with van der Waals surface area (Å²) in [6, 6.07) is 15.7. The highest BCUT2D eigenvalue weighted by Crippen LogP contribution is 2.31. The summed E-state index contributed by atoms with van der Waals surface area (Å²) in [6.07, 6.45) is 6.87. The molecule has 35 heteroatoms. The fourth-order valence-electron chi connectivity index (χ4n) is 19.4. The first-order valence-corrected chi connectivity index (χ1v) is 44.7. The van der Waals surface area contributed by atoms with E-state index in [1.165, 1.54) is 31.2 Å². The molecule has 678 valence electrons. The maximum atomic E-state index is 14.6. The van der Waals surface area contributed by atoms with Crippen LogP contribution in [0.1, 0.15) is 141 Å². The molecule has 0 spiro atoms. The predicted molar refractivity (Wildman–Crippen MR) is 459 cm³/mol. The number of benzene rings is 3. The Bertz CT molecular complexity index is 4200. The van der Waals surface area contributed by atoms with Gasteiger partial charge in [0.2, 0.25) is 82.7 Å². The summed E-state index contributed by atoms with van der Waals surface area (Å²) in [4.78, 5) is 194. The lowest BCUT2D eigenvalue weighted by Crippen LogP contribution is -2.54. The molecule has 8 aliphatic rings. The molecule has 21 atom stereocenters. The van der Waals surface area contributed by atoms with Gasteiger partial charge in [0.05, 0.1) is 89.4 Å². The first kappa shape index (κ1) is 94.3. The van der Waals surface area contributed by atoms with E-state index in [4.69, 9.17) is 5.73 Å². The highest BCUT2D eigenvalue weighted by Gasteiger charge is 2.46. The van der Waals surface area contributed by atoms with Crippen LogP contribution in [0, 0.1) is 71.0 Å². The molecule has 3 aliphatic carbocycles. The summed E-state index contributed by atoms with van der Waals surface area (Å²) < 4.78 is 0. The molecule has 8 fully saturated rings. The quantitative estimate of drug-likeness (QED) is 0.0298. The second kappa shape index (κ2) is 45.5. The van der Waals surface area contributed by atoms with Crippen molar-refractivity contribution in [3.05, 3.63) is 95.6 Å². The lowest BCUT2D eigenvalue weighted by atomic mass is 9.93. The molecule has 3 aromatic rings. The number of carbonyl (C=O) groups is 14. The van der Waals surface area contributed by atoms with Crippen LogP contribution in [-0.4, -0.2) is 238 Å². The van der Waals surface area contributed by atoms with E-state index in [0.29, 0.717) is 89.4 Å². The number of phenols is 2. The molecule has 22 N–H and O–H groups in total. The standard InChI is InChI=1S/C89H131N19O16/c1-48(2)28-54(36-96-83(118)61-14-9-18-70(61)102-77(112)33-56(29-49(3)4)99-85(120)63-16-11-17-69(63)98-50(5)109)81(116)105-73-44-94-41-67(73)88(123)107-75-46-92-39-65(75)86(121)100-57(31-51-12-7-6-8-13-51)34-78(113)103-71-19-10-15-62(71)84(119)97-37-55(30-52-20-24-59(110)25-21-52)82(117)106-74-45-95-42-68(74)89(124)108-76-47-93-40-66(76)87(122)101-58(32-53-22-26-60(111)27-23-53)35-79(114)104-72-43-91-38-64(72)80(90)115/h6-8,12-13,20-27,48-49,54-58,61-76,91-95,110-111H,9-11,14-19,28-47H2,1-5H3,(H2,90,115)(H,96,118)(H,97,119)(H,98,109)(H,99,120)(H,100,121)(H,101,122)(H,102,112)(H,103,113)(H,104,114)(H,105,116)(H,106,117)(H,107,123)(H,108,124)/t54-,55-,56-,57-,58-,61?,62?,63?,64?,65?,66?,67?,68?,69?,70?,71?,72?,73?,74?,75?,76?/m0/s1. The van der Waals surface area contributed by atoms with E-state index in [2.05, 4.69) is 95.7 Å². The molecule has 3 aromatic carbocycles. The molecule has 11 rings (SSSR count). The zero-order valence-corrected chi connectivity index (χ0v) is 72.0. The maximum absolute atomic E-state index is 14.6. The Morgan fingerprint density at radius 3 is 1.11 bits per heavy atom. The number of primary amides is 1. The van der Waals surface area contributed by atoms with Crippen LogP contribution in [0.2, 0.25) is 0 Å². The molecule has 14 amide bonds. The monoisotopic (exact) mass is 1720 g/mol. The van der Waals surface area contributed by atoms with Crippen LogP contribution in [0.15, 0.2) is 78.9 Å². The van der Waals surface area contributed by atoms with Crippen LogP contribution < -0.4 is 101 Å². The predicted octanol–water partition coefficient (Wildman–Crippen LogP) is -1.81. The minimum absolute atomic E-state index is 0.0166. The molecule has 0 radical (unpaired) electrons. The van der Waals surface area contributed by atoms with E-state index in [-0.39, 0.29) is 174 Å². The van der Waals surface area contributed by atoms with Crippen molar-refractivity contribution in [1.82, 2.24) is 95.7 Å². The highest BCUT2D eigenvalue weighted by molar-refractivity contribution is 5.90. The topological polar surface area (TPSA) is 522 Å². The third-order valence-electron chi connectivity index (χ3n) is 25.9. The van der Waals surface area contributed by atoms with Crippen molar-refractivity contribution in [2.45, 2.75) is 210 Å². The number of carbonyl (C=O) groups excluding carboxylic acids is 14. The number of hydrogen-bond acceptors (Lipinski definition) is 21. The SMILES string of the molecule is CC(=O)NC1CCCC1C(=O)N[C@H](CC(=O)NC1CCCC1C(=O)NC[C@H](CC(C)C)C(=O)NC1CNCC1C(=O)NC1CNCC1C(=O)N[C@H](CC(=O)NC1CCCC1C(=O)NC[C@H](Cc1ccc(O)cc1)C(=O)NC1CNCC1C(=O)NC1CNCC1C(=O)N[C@H](CC(=O)NC1CNCC1C(N)=O)Cc1ccc(O)cc1)Cc1ccccc1)CC(C)C. The zero-order valence-electron chi connectivity index (χ0n) is 72.0. The number of nitrogens with one attached hydrogen (secondary N) is 18. The molecule has 5 heterocycles. The minimum Gasteiger partial charge on any atom is -0.508 e. The van der Waals surface area contributed by atoms with Crippen LogP contribution in [0.25, 0.3) is 0 Å². The van der Waals surface area contributed by atoms with Crippen LogP contribution in [0.4, 0.5) is 0 Å². The first-order chi connectivity index (χ1) is 59.5. The molecule has 5 saturated heterocycles. The minimum atomic E-state index is -0.879. The zero-order chi connectivity index (χ0) is 88.7. The number of aromatic hydroxyl groups is 2. The molecule has 3 saturated carbocycles. The van der Waals surface area contributed by atoms with Crippen molar-refractivity contribution in [1.29, 1.82) is 0 Å². The third kappa shape index (κ3) is 27.3. The molecule has 0 bridgehead atoms. The van der Waals surface area contributed by atoms with Gasteiger partial charge in [0.15, 0.2) is 0 Å². The Hall–Kier alpha value is -10.4. The number of amides is 14. The Morgan fingerprint density at radius 1 is 0.347 bits per heavy atom. The highest BCUT2D eigenvalue weighted by atomic mass is 16.3. The number of nitrogens with two attached hydrogens (primary N) is 1. The van der Waals surface area contributed by atoms with Gasteiger partial charge in [0.1, 0.15) is 11.5 Å². The largest absolute Gasteiger partial charge is 0.508 e. The van der Waals surface area contributed by atoms with Crippen LogP contribution >= 0.6 is 0 Å². The Kier molecular flexibility index (Phi) is 34.6. The molecule has 35 nitrogen and oxygen atoms in total. The van der Waals surface area contributed by atoms with Gasteiger partial charge in [-0.25, -0.2) is 0 Å². The van der Waals surface area contributed by atoms with Crippen molar-refractivity contribution >= 4 is 82.7 Å². The Morgan fingerprint density at radius 2 is 0.685 bits per heavy atom. The lowest BCUT2D eigenvalue weighted by molar-refractivity contribution is -0.132. The van der Waals surface area contributed by atoms with Crippen molar-refractivity contribution < 1.29 is 77.3 Å². The summed E-state index contributed by atoms with van der Waals surface area (Å²) in [5.41, 5.74) is 7.88. The van der Waals surface area contributed by atoms with E-state index >= 15 is 0 Å². The normalized spacial score (nSPS) is 27.0. The molecular weight excluding hydrogens is 1590 g/mol. The van der Waals surface area contributed by atoms with E-state index in [1.54, 1.807) is 24.3 Å². The van der Waals surface area contributed by atoms with Crippen LogP contribution in [0.3, 0.4) is 0 Å². The van der Waals surface area contributed by atoms with Gasteiger partial charge >= 0.3 is 0 Å². The molecule has 0 aromatic heterocycles. The van der Waals surface area contributed by atoms with E-state index in [0.717, 1.165) is 17.5 Å². The summed E-state index contributed by atoms with van der Waals surface area (Å²) in [7, 11) is 0. The smallest absolute Gasteiger partial charge is 0.226 e. The van der Waals surface area contributed by atoms with Gasteiger partial charge in [0, 0.05) is 141 Å². The average Bonchev–Trinajstić information content (AvgIpc) is 1.67. The van der Waals surface area contributed by atoms with Gasteiger partial charge in [-0.05, 0) is 123 Å². The van der Waals surface area contributed by atoms with Gasteiger partial charge in [0.25, 0.3) is 0 Å². The number of rotatable bonds is 41. The van der Waals surface area contributed by atoms with E-state index in [1.807, 2.05) is 58.0 Å². The van der Waals surface area contributed by atoms with Gasteiger partial charge < -0.3 is 112 Å². The summed E-state index contributed by atoms with van der Waals surface area (Å²) in [6.45, 7) is 11.9. The Balaban J connectivity index is 0.652. The molecule has 16 unspecified atom stereocenters. The van der Waals surface area contributed by atoms with Crippen molar-refractivity contribution in [3.63, 3.8) is 0 Å². The van der Waals surface area contributed by atoms with E-state index < -0.39 is 155 Å². The average molecular weight is 1720 g/mol. The fourth-order valence-corrected chi connectivity index (χ4v) is 19.4. The first-order valence-electron chi connectivity index (χ1n) is 44.7. The Labute approximate surface area is 724 Å². The van der Waals surface area contributed by atoms with Gasteiger partial charge in [-0.3, -0.25) is 67.1 Å². The molecule has 124 heavy (non-hydrogen) atoms. The van der Waals surface area contributed by atoms with E-state index in [9.17, 15) is 77.3 Å². The number of hydrogen-bond donors (Lipinski definition) is 21. The fraction of sp³-hybridized carbons (Fsp3) is 0.640. The third-order valence-corrected chi connectivity index (χ3v) is 25.9. The number of phenolic OH excluding ortho intramolecular Hbond substituents is 2. The van der Waals surface area contributed by atoms with Gasteiger partial charge in [-0.2, -0.15) is 0 Å².